The highest BCUT2D eigenvalue weighted by molar-refractivity contribution is 7.89. The molecule has 2 aliphatic carbocycles. The molecule has 1 amide bonds. The highest BCUT2D eigenvalue weighted by atomic mass is 32.2. The molecule has 1 aromatic carbocycles. The summed E-state index contributed by atoms with van der Waals surface area (Å²) in [6, 6.07) is 4.86. The Morgan fingerprint density at radius 3 is 2.69 bits per heavy atom. The molecule has 2 saturated carbocycles. The first-order valence-electron chi connectivity index (χ1n) is 10.6. The van der Waals surface area contributed by atoms with E-state index in [-0.39, 0.29) is 10.8 Å². The number of nitrogens with zero attached hydrogens (tertiary/aromatic N) is 1. The molecule has 29 heavy (non-hydrogen) atoms. The zero-order valence-corrected chi connectivity index (χ0v) is 17.7. The number of nitrogens with one attached hydrogen (secondary N) is 1. The molecule has 3 aliphatic rings. The van der Waals surface area contributed by atoms with Crippen LogP contribution in [0, 0.1) is 17.8 Å². The number of fused-ring (bicyclic) bond motifs is 2. The van der Waals surface area contributed by atoms with Crippen molar-refractivity contribution < 1.29 is 22.7 Å². The van der Waals surface area contributed by atoms with Gasteiger partial charge in [0, 0.05) is 25.2 Å². The minimum Gasteiger partial charge on any atom is -0.492 e. The van der Waals surface area contributed by atoms with Crippen molar-refractivity contribution >= 4 is 21.6 Å². The summed E-state index contributed by atoms with van der Waals surface area (Å²) in [6.07, 6.45) is 5.49. The Bertz CT molecular complexity index is 851. The number of morpholine rings is 1. The van der Waals surface area contributed by atoms with Crippen LogP contribution in [-0.4, -0.2) is 51.5 Å². The van der Waals surface area contributed by atoms with E-state index in [4.69, 9.17) is 9.47 Å². The molecule has 7 nitrogen and oxygen atoms in total. The molecule has 2 bridgehead atoms. The fourth-order valence-electron chi connectivity index (χ4n) is 5.06. The molecule has 1 saturated heterocycles. The van der Waals surface area contributed by atoms with Crippen LogP contribution in [-0.2, 0) is 19.6 Å². The maximum atomic E-state index is 13.2. The first-order chi connectivity index (χ1) is 14.0. The minimum atomic E-state index is -3.73. The fraction of sp³-hybridized carbons (Fsp3) is 0.667. The fourth-order valence-corrected chi connectivity index (χ4v) is 6.63. The van der Waals surface area contributed by atoms with Gasteiger partial charge in [-0.3, -0.25) is 4.79 Å². The van der Waals surface area contributed by atoms with Crippen LogP contribution in [0.15, 0.2) is 23.1 Å². The van der Waals surface area contributed by atoms with Crippen molar-refractivity contribution in [2.24, 2.45) is 17.8 Å². The summed E-state index contributed by atoms with van der Waals surface area (Å²) in [7, 11) is -3.73. The monoisotopic (exact) mass is 422 g/mol. The summed E-state index contributed by atoms with van der Waals surface area (Å²) >= 11 is 0. The van der Waals surface area contributed by atoms with Gasteiger partial charge in [0.15, 0.2) is 0 Å². The molecule has 3 unspecified atom stereocenters. The van der Waals surface area contributed by atoms with Crippen molar-refractivity contribution in [1.82, 2.24) is 4.31 Å². The predicted molar refractivity (Wildman–Crippen MR) is 109 cm³/mol. The van der Waals surface area contributed by atoms with Crippen LogP contribution >= 0.6 is 0 Å². The molecule has 1 aromatic rings. The number of sulfonamides is 1. The maximum absolute atomic E-state index is 13.2. The summed E-state index contributed by atoms with van der Waals surface area (Å²) in [5.74, 6) is 2.22. The third kappa shape index (κ3) is 4.44. The zero-order chi connectivity index (χ0) is 20.4. The van der Waals surface area contributed by atoms with Crippen molar-refractivity contribution in [2.45, 2.75) is 43.9 Å². The predicted octanol–water partition coefficient (Wildman–Crippen LogP) is 2.87. The van der Waals surface area contributed by atoms with E-state index >= 15 is 0 Å². The Kier molecular flexibility index (Phi) is 6.13. The number of hydrogen-bond acceptors (Lipinski definition) is 5. The van der Waals surface area contributed by atoms with Crippen molar-refractivity contribution in [3.63, 3.8) is 0 Å². The van der Waals surface area contributed by atoms with Crippen molar-refractivity contribution in [1.29, 1.82) is 0 Å². The molecule has 3 atom stereocenters. The maximum Gasteiger partial charge on any atom is 0.246 e. The number of carbonyl (C=O) groups excluding carboxylic acids is 1. The van der Waals surface area contributed by atoms with Crippen LogP contribution in [0.1, 0.15) is 39.0 Å². The number of ether oxygens (including phenoxy) is 2. The van der Waals surface area contributed by atoms with E-state index in [0.717, 1.165) is 12.3 Å². The SMILES string of the molecule is CCOc1ccc(NC(=O)CC2CC3CCC2C3)cc1S(=O)(=O)N1CCOCC1. The Balaban J connectivity index is 1.50. The van der Waals surface area contributed by atoms with Crippen LogP contribution in [0.4, 0.5) is 5.69 Å². The Hall–Kier alpha value is -1.64. The smallest absolute Gasteiger partial charge is 0.246 e. The zero-order valence-electron chi connectivity index (χ0n) is 16.9. The topological polar surface area (TPSA) is 84.9 Å². The summed E-state index contributed by atoms with van der Waals surface area (Å²) in [5, 5.41) is 2.91. The number of carbonyl (C=O) groups is 1. The number of benzene rings is 1. The van der Waals surface area contributed by atoms with Crippen molar-refractivity contribution in [2.75, 3.05) is 38.2 Å². The molecule has 160 valence electrons. The Morgan fingerprint density at radius 2 is 2.03 bits per heavy atom. The summed E-state index contributed by atoms with van der Waals surface area (Å²) in [5.41, 5.74) is 0.494. The van der Waals surface area contributed by atoms with Crippen LogP contribution in [0.2, 0.25) is 0 Å². The lowest BCUT2D eigenvalue weighted by Crippen LogP contribution is -2.40. The molecule has 4 rings (SSSR count). The van der Waals surface area contributed by atoms with E-state index in [9.17, 15) is 13.2 Å². The molecule has 1 N–H and O–H groups in total. The van der Waals surface area contributed by atoms with Gasteiger partial charge in [-0.1, -0.05) is 6.42 Å². The number of hydrogen-bond donors (Lipinski definition) is 1. The lowest BCUT2D eigenvalue weighted by Gasteiger charge is -2.27. The quantitative estimate of drug-likeness (QED) is 0.730. The third-order valence-electron chi connectivity index (χ3n) is 6.45. The van der Waals surface area contributed by atoms with Gasteiger partial charge < -0.3 is 14.8 Å². The van der Waals surface area contributed by atoms with Gasteiger partial charge in [0.05, 0.1) is 19.8 Å². The molecule has 0 spiro atoms. The standard InChI is InChI=1S/C21H30N2O5S/c1-2-28-19-6-5-18(14-20(19)29(25,26)23-7-9-27-10-8-23)22-21(24)13-17-12-15-3-4-16(17)11-15/h5-6,14-17H,2-4,7-13H2,1H3,(H,22,24). The first-order valence-corrected chi connectivity index (χ1v) is 12.1. The average molecular weight is 423 g/mol. The van der Waals surface area contributed by atoms with Crippen molar-refractivity contribution in [3.05, 3.63) is 18.2 Å². The second kappa shape index (κ2) is 8.62. The number of rotatable bonds is 7. The van der Waals surface area contributed by atoms with E-state index in [2.05, 4.69) is 5.32 Å². The molecule has 1 aliphatic heterocycles. The van der Waals surface area contributed by atoms with E-state index < -0.39 is 10.0 Å². The summed E-state index contributed by atoms with van der Waals surface area (Å²) in [6.45, 7) is 3.56. The van der Waals surface area contributed by atoms with Crippen molar-refractivity contribution in [3.8, 4) is 5.75 Å². The Labute approximate surface area is 172 Å². The summed E-state index contributed by atoms with van der Waals surface area (Å²) in [4.78, 5) is 12.7. The van der Waals surface area contributed by atoms with E-state index in [1.54, 1.807) is 12.1 Å². The second-order valence-corrected chi connectivity index (χ2v) is 10.2. The van der Waals surface area contributed by atoms with Gasteiger partial charge >= 0.3 is 0 Å². The van der Waals surface area contributed by atoms with Gasteiger partial charge in [-0.05, 0) is 62.1 Å². The number of amides is 1. The largest absolute Gasteiger partial charge is 0.492 e. The molecule has 0 radical (unpaired) electrons. The first kappa shape index (κ1) is 20.6. The molecule has 8 heteroatoms. The molecule has 3 fully saturated rings. The van der Waals surface area contributed by atoms with Gasteiger partial charge in [-0.15, -0.1) is 0 Å². The van der Waals surface area contributed by atoms with Gasteiger partial charge in [0.2, 0.25) is 15.9 Å². The second-order valence-electron chi connectivity index (χ2n) is 8.30. The van der Waals surface area contributed by atoms with Gasteiger partial charge in [0.1, 0.15) is 10.6 Å². The lowest BCUT2D eigenvalue weighted by molar-refractivity contribution is -0.117. The van der Waals surface area contributed by atoms with Gasteiger partial charge in [-0.2, -0.15) is 4.31 Å². The van der Waals surface area contributed by atoms with E-state index in [1.165, 1.54) is 29.6 Å². The average Bonchev–Trinajstić information content (AvgIpc) is 3.33. The highest BCUT2D eigenvalue weighted by Gasteiger charge is 2.40. The van der Waals surface area contributed by atoms with Crippen LogP contribution in [0.3, 0.4) is 0 Å². The molecule has 0 aromatic heterocycles. The van der Waals surface area contributed by atoms with Crippen LogP contribution < -0.4 is 10.1 Å². The van der Waals surface area contributed by atoms with Crippen LogP contribution in [0.5, 0.6) is 5.75 Å². The lowest BCUT2D eigenvalue weighted by atomic mass is 9.86. The normalized spacial score (nSPS) is 27.1. The van der Waals surface area contributed by atoms with Crippen LogP contribution in [0.25, 0.3) is 0 Å². The van der Waals surface area contributed by atoms with Gasteiger partial charge in [-0.25, -0.2) is 8.42 Å². The summed E-state index contributed by atoms with van der Waals surface area (Å²) < 4.78 is 38.6. The Morgan fingerprint density at radius 1 is 1.24 bits per heavy atom. The van der Waals surface area contributed by atoms with Gasteiger partial charge in [0.25, 0.3) is 0 Å². The highest BCUT2D eigenvalue weighted by Crippen LogP contribution is 2.49. The molecular formula is C21H30N2O5S. The molecular weight excluding hydrogens is 392 g/mol. The van der Waals surface area contributed by atoms with E-state index in [1.807, 2.05) is 6.92 Å². The minimum absolute atomic E-state index is 0.0403. The van der Waals surface area contributed by atoms with E-state index in [0.29, 0.717) is 62.6 Å². The number of anilines is 1. The molecule has 1 heterocycles. The third-order valence-corrected chi connectivity index (χ3v) is 8.37.